The summed E-state index contributed by atoms with van der Waals surface area (Å²) in [6.45, 7) is 1.02. The number of carbonyl (C=O) groups excluding carboxylic acids is 1. The van der Waals surface area contributed by atoms with E-state index in [0.29, 0.717) is 24.3 Å². The summed E-state index contributed by atoms with van der Waals surface area (Å²) in [6, 6.07) is 12.0. The monoisotopic (exact) mass is 429 g/mol. The molecular weight excluding hydrogens is 406 g/mol. The molecule has 3 rings (SSSR count). The van der Waals surface area contributed by atoms with Crippen LogP contribution in [0.15, 0.2) is 59.5 Å². The number of non-ortho nitro benzene ring substituents is 1. The van der Waals surface area contributed by atoms with Gasteiger partial charge in [0, 0.05) is 37.0 Å². The number of sulfonamides is 1. The molecule has 158 valence electrons. The maximum atomic E-state index is 12.9. The quantitative estimate of drug-likeness (QED) is 0.427. The Morgan fingerprint density at radius 3 is 2.33 bits per heavy atom. The Morgan fingerprint density at radius 1 is 1.03 bits per heavy atom. The van der Waals surface area contributed by atoms with Gasteiger partial charge in [0.05, 0.1) is 9.82 Å². The molecule has 0 aliphatic carbocycles. The molecular formula is C21H23N3O5S. The van der Waals surface area contributed by atoms with E-state index in [1.807, 2.05) is 0 Å². The van der Waals surface area contributed by atoms with Crippen LogP contribution < -0.4 is 5.32 Å². The van der Waals surface area contributed by atoms with E-state index in [1.54, 1.807) is 12.1 Å². The predicted octanol–water partition coefficient (Wildman–Crippen LogP) is 3.81. The number of carbonyl (C=O) groups is 1. The van der Waals surface area contributed by atoms with Crippen molar-refractivity contribution in [2.75, 3.05) is 18.4 Å². The van der Waals surface area contributed by atoms with Gasteiger partial charge >= 0.3 is 0 Å². The van der Waals surface area contributed by atoms with Gasteiger partial charge in [-0.05, 0) is 54.8 Å². The minimum atomic E-state index is -3.60. The molecule has 9 heteroatoms. The van der Waals surface area contributed by atoms with E-state index in [9.17, 15) is 23.3 Å². The van der Waals surface area contributed by atoms with Crippen molar-refractivity contribution in [1.82, 2.24) is 4.31 Å². The molecule has 8 nitrogen and oxygen atoms in total. The van der Waals surface area contributed by atoms with Crippen LogP contribution in [0.1, 0.15) is 31.2 Å². The van der Waals surface area contributed by atoms with Crippen LogP contribution in [0.4, 0.5) is 11.4 Å². The Labute approximate surface area is 175 Å². The molecule has 1 fully saturated rings. The van der Waals surface area contributed by atoms with Crippen molar-refractivity contribution in [3.05, 3.63) is 70.3 Å². The summed E-state index contributed by atoms with van der Waals surface area (Å²) in [4.78, 5) is 22.5. The van der Waals surface area contributed by atoms with Crippen LogP contribution >= 0.6 is 0 Å². The number of rotatable bonds is 6. The molecule has 30 heavy (non-hydrogen) atoms. The zero-order chi connectivity index (χ0) is 21.6. The lowest BCUT2D eigenvalue weighted by Gasteiger charge is -2.20. The zero-order valence-electron chi connectivity index (χ0n) is 16.4. The van der Waals surface area contributed by atoms with Gasteiger partial charge in [-0.2, -0.15) is 4.31 Å². The largest absolute Gasteiger partial charge is 0.322 e. The highest BCUT2D eigenvalue weighted by Crippen LogP contribution is 2.22. The highest BCUT2D eigenvalue weighted by Gasteiger charge is 2.25. The number of hydrogen-bond donors (Lipinski definition) is 1. The average molecular weight is 429 g/mol. The van der Waals surface area contributed by atoms with E-state index in [-0.39, 0.29) is 10.6 Å². The van der Waals surface area contributed by atoms with Gasteiger partial charge in [0.2, 0.25) is 15.9 Å². The number of nitro benzene ring substituents is 1. The van der Waals surface area contributed by atoms with E-state index < -0.39 is 20.9 Å². The number of anilines is 1. The molecule has 0 radical (unpaired) electrons. The van der Waals surface area contributed by atoms with Crippen LogP contribution in [0.3, 0.4) is 0 Å². The fraction of sp³-hybridized carbons (Fsp3) is 0.286. The van der Waals surface area contributed by atoms with Gasteiger partial charge in [0.15, 0.2) is 0 Å². The van der Waals surface area contributed by atoms with Gasteiger partial charge in [0.1, 0.15) is 0 Å². The van der Waals surface area contributed by atoms with Crippen molar-refractivity contribution in [3.63, 3.8) is 0 Å². The predicted molar refractivity (Wildman–Crippen MR) is 114 cm³/mol. The van der Waals surface area contributed by atoms with E-state index in [4.69, 9.17) is 0 Å². The third-order valence-electron chi connectivity index (χ3n) is 4.84. The van der Waals surface area contributed by atoms with Crippen LogP contribution in [0.5, 0.6) is 0 Å². The molecule has 0 atom stereocenters. The van der Waals surface area contributed by atoms with Crippen LogP contribution in [-0.2, 0) is 14.8 Å². The molecule has 0 aromatic heterocycles. The molecule has 1 aliphatic heterocycles. The average Bonchev–Trinajstić information content (AvgIpc) is 3.03. The first-order valence-corrected chi connectivity index (χ1v) is 11.1. The second kappa shape index (κ2) is 9.64. The smallest absolute Gasteiger partial charge is 0.269 e. The van der Waals surface area contributed by atoms with Gasteiger partial charge in [-0.3, -0.25) is 14.9 Å². The van der Waals surface area contributed by atoms with Crippen LogP contribution in [0.2, 0.25) is 0 Å². The Kier molecular flexibility index (Phi) is 6.96. The van der Waals surface area contributed by atoms with Gasteiger partial charge in [-0.1, -0.05) is 18.9 Å². The first kappa shape index (κ1) is 21.7. The van der Waals surface area contributed by atoms with Crippen molar-refractivity contribution in [3.8, 4) is 0 Å². The van der Waals surface area contributed by atoms with Gasteiger partial charge in [-0.15, -0.1) is 0 Å². The second-order valence-electron chi connectivity index (χ2n) is 7.02. The first-order chi connectivity index (χ1) is 14.4. The third kappa shape index (κ3) is 5.52. The third-order valence-corrected chi connectivity index (χ3v) is 6.73. The van der Waals surface area contributed by atoms with Crippen LogP contribution in [-0.4, -0.2) is 36.6 Å². The first-order valence-electron chi connectivity index (χ1n) is 9.70. The van der Waals surface area contributed by atoms with E-state index in [2.05, 4.69) is 5.32 Å². The minimum Gasteiger partial charge on any atom is -0.322 e. The Balaban J connectivity index is 1.68. The molecule has 1 N–H and O–H groups in total. The molecule has 1 aliphatic rings. The maximum Gasteiger partial charge on any atom is 0.269 e. The molecule has 2 aromatic carbocycles. The molecule has 1 amide bonds. The summed E-state index contributed by atoms with van der Waals surface area (Å²) in [5, 5.41) is 13.3. The van der Waals surface area contributed by atoms with E-state index in [0.717, 1.165) is 25.7 Å². The number of nitro groups is 1. The van der Waals surface area contributed by atoms with Crippen molar-refractivity contribution in [1.29, 1.82) is 0 Å². The standard InChI is InChI=1S/C21H23N3O5S/c25-21(13-10-17-8-11-19(12-9-17)24(26)27)22-18-6-5-7-20(16-18)30(28,29)23-14-3-1-2-4-15-23/h5-13,16H,1-4,14-15H2,(H,22,25)/b13-10+. The molecule has 0 saturated carbocycles. The summed E-state index contributed by atoms with van der Waals surface area (Å²) in [6.07, 6.45) is 6.58. The maximum absolute atomic E-state index is 12.9. The van der Waals surface area contributed by atoms with Crippen LogP contribution in [0, 0.1) is 10.1 Å². The van der Waals surface area contributed by atoms with E-state index in [1.165, 1.54) is 52.9 Å². The number of amides is 1. The fourth-order valence-corrected chi connectivity index (χ4v) is 4.79. The normalized spacial score (nSPS) is 15.6. The number of benzene rings is 2. The number of nitrogens with one attached hydrogen (secondary N) is 1. The lowest BCUT2D eigenvalue weighted by molar-refractivity contribution is -0.384. The van der Waals surface area contributed by atoms with Gasteiger partial charge < -0.3 is 5.32 Å². The summed E-state index contributed by atoms with van der Waals surface area (Å²) in [5.74, 6) is -0.433. The second-order valence-corrected chi connectivity index (χ2v) is 8.96. The van der Waals surface area contributed by atoms with Crippen molar-refractivity contribution in [2.24, 2.45) is 0 Å². The topological polar surface area (TPSA) is 110 Å². The van der Waals surface area contributed by atoms with Gasteiger partial charge in [0.25, 0.3) is 5.69 Å². The van der Waals surface area contributed by atoms with Gasteiger partial charge in [-0.25, -0.2) is 8.42 Å². The lowest BCUT2D eigenvalue weighted by Crippen LogP contribution is -2.32. The highest BCUT2D eigenvalue weighted by molar-refractivity contribution is 7.89. The molecule has 1 heterocycles. The SMILES string of the molecule is O=C(/C=C/c1ccc([N+](=O)[O-])cc1)Nc1cccc(S(=O)(=O)N2CCCCCC2)c1. The number of nitrogens with zero attached hydrogens (tertiary/aromatic N) is 2. The van der Waals surface area contributed by atoms with Crippen molar-refractivity contribution < 1.29 is 18.1 Å². The van der Waals surface area contributed by atoms with E-state index >= 15 is 0 Å². The molecule has 0 bridgehead atoms. The highest BCUT2D eigenvalue weighted by atomic mass is 32.2. The van der Waals surface area contributed by atoms with Crippen LogP contribution in [0.25, 0.3) is 6.08 Å². The zero-order valence-corrected chi connectivity index (χ0v) is 17.2. The summed E-state index contributed by atoms with van der Waals surface area (Å²) in [7, 11) is -3.60. The summed E-state index contributed by atoms with van der Waals surface area (Å²) in [5.41, 5.74) is 0.983. The molecule has 0 unspecified atom stereocenters. The number of hydrogen-bond acceptors (Lipinski definition) is 5. The van der Waals surface area contributed by atoms with Crippen molar-refractivity contribution >= 4 is 33.4 Å². The molecule has 2 aromatic rings. The summed E-state index contributed by atoms with van der Waals surface area (Å²) >= 11 is 0. The fourth-order valence-electron chi connectivity index (χ4n) is 3.23. The molecule has 1 saturated heterocycles. The molecule has 0 spiro atoms. The van der Waals surface area contributed by atoms with Crippen molar-refractivity contribution in [2.45, 2.75) is 30.6 Å². The lowest BCUT2D eigenvalue weighted by atomic mass is 10.2. The minimum absolute atomic E-state index is 0.0287. The Bertz CT molecular complexity index is 1040. The Morgan fingerprint density at radius 2 is 1.70 bits per heavy atom. The Hall–Kier alpha value is -3.04. The summed E-state index contributed by atoms with van der Waals surface area (Å²) < 4.78 is 27.3.